The van der Waals surface area contributed by atoms with Crippen LogP contribution < -0.4 is 4.74 Å². The first-order valence-corrected chi connectivity index (χ1v) is 9.77. The van der Waals surface area contributed by atoms with Crippen molar-refractivity contribution in [3.05, 3.63) is 65.5 Å². The maximum atomic E-state index is 13.0. The Labute approximate surface area is 186 Å². The van der Waals surface area contributed by atoms with E-state index in [2.05, 4.69) is 16.8 Å². The van der Waals surface area contributed by atoms with Crippen molar-refractivity contribution in [3.63, 3.8) is 0 Å². The van der Waals surface area contributed by atoms with Gasteiger partial charge < -0.3 is 14.5 Å². The minimum Gasteiger partial charge on any atom is -0.493 e. The van der Waals surface area contributed by atoms with E-state index < -0.39 is 0 Å². The highest BCUT2D eigenvalue weighted by molar-refractivity contribution is 5.85. The third kappa shape index (κ3) is 8.75. The highest BCUT2D eigenvalue weighted by atomic mass is 35.5. The van der Waals surface area contributed by atoms with Crippen LogP contribution in [-0.2, 0) is 0 Å². The van der Waals surface area contributed by atoms with Gasteiger partial charge in [0, 0.05) is 31.7 Å². The minimum absolute atomic E-state index is 0. The van der Waals surface area contributed by atoms with Crippen molar-refractivity contribution in [2.24, 2.45) is 0 Å². The molecule has 2 aromatic rings. The fraction of sp³-hybridized carbons (Fsp3) is 0.391. The number of halogens is 3. The molecule has 29 heavy (non-hydrogen) atoms. The average molecular weight is 441 g/mol. The molecule has 0 radical (unpaired) electrons. The van der Waals surface area contributed by atoms with E-state index in [0.29, 0.717) is 0 Å². The number of rotatable bonds is 8. The van der Waals surface area contributed by atoms with Crippen molar-refractivity contribution >= 4 is 37.0 Å². The zero-order valence-corrected chi connectivity index (χ0v) is 18.6. The van der Waals surface area contributed by atoms with Crippen LogP contribution in [0, 0.1) is 5.82 Å². The van der Waals surface area contributed by atoms with E-state index >= 15 is 0 Å². The Bertz CT molecular complexity index is 732. The van der Waals surface area contributed by atoms with Gasteiger partial charge in [0.1, 0.15) is 11.6 Å². The van der Waals surface area contributed by atoms with Gasteiger partial charge in [0.05, 0.1) is 6.61 Å². The number of unbranched alkanes of at least 4 members (excludes halogenated alkanes) is 1. The molecular formula is C23H31Cl2FN2O. The number of piperazine rings is 1. The molecule has 0 N–H and O–H groups in total. The molecule has 0 unspecified atom stereocenters. The summed E-state index contributed by atoms with van der Waals surface area (Å²) in [7, 11) is 2.19. The number of hydrogen-bond donors (Lipinski definition) is 0. The van der Waals surface area contributed by atoms with E-state index in [4.69, 9.17) is 4.74 Å². The maximum Gasteiger partial charge on any atom is 0.126 e. The van der Waals surface area contributed by atoms with Crippen LogP contribution in [0.2, 0.25) is 0 Å². The summed E-state index contributed by atoms with van der Waals surface area (Å²) in [5.41, 5.74) is 2.01. The van der Waals surface area contributed by atoms with Crippen LogP contribution in [0.3, 0.4) is 0 Å². The number of hydrogen-bond acceptors (Lipinski definition) is 3. The van der Waals surface area contributed by atoms with Crippen LogP contribution in [0.5, 0.6) is 5.75 Å². The van der Waals surface area contributed by atoms with Crippen molar-refractivity contribution in [2.75, 3.05) is 46.4 Å². The molecule has 0 amide bonds. The van der Waals surface area contributed by atoms with Crippen molar-refractivity contribution < 1.29 is 9.13 Å². The van der Waals surface area contributed by atoms with E-state index in [1.165, 1.54) is 38.3 Å². The predicted octanol–water partition coefficient (Wildman–Crippen LogP) is 5.25. The number of para-hydroxylation sites is 1. The second-order valence-corrected chi connectivity index (χ2v) is 7.12. The zero-order valence-electron chi connectivity index (χ0n) is 16.9. The predicted molar refractivity (Wildman–Crippen MR) is 125 cm³/mol. The molecule has 1 heterocycles. The fourth-order valence-electron chi connectivity index (χ4n) is 3.20. The summed E-state index contributed by atoms with van der Waals surface area (Å²) in [6.45, 7) is 6.58. The summed E-state index contributed by atoms with van der Waals surface area (Å²) in [5, 5.41) is 0. The second-order valence-electron chi connectivity index (χ2n) is 7.12. The normalized spacial score (nSPS) is 15.0. The molecule has 3 nitrogen and oxygen atoms in total. The molecule has 0 aromatic heterocycles. The minimum atomic E-state index is -0.215. The van der Waals surface area contributed by atoms with Crippen molar-refractivity contribution in [1.82, 2.24) is 9.80 Å². The highest BCUT2D eigenvalue weighted by Crippen LogP contribution is 2.21. The Morgan fingerprint density at radius 2 is 1.59 bits per heavy atom. The van der Waals surface area contributed by atoms with Gasteiger partial charge in [-0.25, -0.2) is 4.39 Å². The van der Waals surface area contributed by atoms with Gasteiger partial charge in [-0.2, -0.15) is 0 Å². The smallest absolute Gasteiger partial charge is 0.126 e. The number of ether oxygens (including phenoxy) is 1. The standard InChI is InChI=1S/C23H29FN2O.2ClH/c1-25-15-17-26(18-16-25)14-4-5-19-27-23-7-3-2-6-21(23)11-8-20-9-12-22(24)13-10-20;;/h2-3,6-13H,4-5,14-19H2,1H3;2*1H/b11-8+;;. The number of likely N-dealkylation sites (N-methyl/N-ethyl adjacent to an activating group) is 1. The molecule has 1 aliphatic heterocycles. The van der Waals surface area contributed by atoms with Gasteiger partial charge in [-0.15, -0.1) is 24.8 Å². The molecule has 1 fully saturated rings. The Hall–Kier alpha value is -1.59. The van der Waals surface area contributed by atoms with E-state index in [-0.39, 0.29) is 30.6 Å². The first-order chi connectivity index (χ1) is 13.2. The lowest BCUT2D eigenvalue weighted by molar-refractivity contribution is 0.150. The summed E-state index contributed by atoms with van der Waals surface area (Å²) in [4.78, 5) is 4.93. The van der Waals surface area contributed by atoms with E-state index in [1.807, 2.05) is 36.4 Å². The molecule has 0 atom stereocenters. The summed E-state index contributed by atoms with van der Waals surface area (Å²) in [5.74, 6) is 0.683. The summed E-state index contributed by atoms with van der Waals surface area (Å²) >= 11 is 0. The highest BCUT2D eigenvalue weighted by Gasteiger charge is 2.12. The second kappa shape index (κ2) is 13.6. The Morgan fingerprint density at radius 1 is 0.897 bits per heavy atom. The van der Waals surface area contributed by atoms with Crippen LogP contribution in [0.1, 0.15) is 24.0 Å². The number of nitrogens with zero attached hydrogens (tertiary/aromatic N) is 2. The summed E-state index contributed by atoms with van der Waals surface area (Å²) < 4.78 is 19.0. The molecule has 1 saturated heterocycles. The molecule has 0 aliphatic carbocycles. The van der Waals surface area contributed by atoms with E-state index in [0.717, 1.165) is 42.9 Å². The molecular weight excluding hydrogens is 410 g/mol. The number of benzene rings is 2. The first kappa shape index (κ1) is 25.4. The molecule has 3 rings (SSSR count). The summed E-state index contributed by atoms with van der Waals surface area (Å²) in [6.07, 6.45) is 6.22. The largest absolute Gasteiger partial charge is 0.493 e. The Morgan fingerprint density at radius 3 is 2.31 bits per heavy atom. The molecule has 0 bridgehead atoms. The van der Waals surface area contributed by atoms with Gasteiger partial charge in [0.25, 0.3) is 0 Å². The van der Waals surface area contributed by atoms with Gasteiger partial charge in [-0.3, -0.25) is 0 Å². The maximum absolute atomic E-state index is 13.0. The zero-order chi connectivity index (χ0) is 18.9. The van der Waals surface area contributed by atoms with Crippen molar-refractivity contribution in [3.8, 4) is 5.75 Å². The SMILES string of the molecule is CN1CCN(CCCCOc2ccccc2/C=C/c2ccc(F)cc2)CC1.Cl.Cl. The van der Waals surface area contributed by atoms with Crippen LogP contribution in [0.4, 0.5) is 4.39 Å². The van der Waals surface area contributed by atoms with E-state index in [9.17, 15) is 4.39 Å². The quantitative estimate of drug-likeness (QED) is 0.411. The first-order valence-electron chi connectivity index (χ1n) is 9.77. The summed E-state index contributed by atoms with van der Waals surface area (Å²) in [6, 6.07) is 14.5. The van der Waals surface area contributed by atoms with Gasteiger partial charge in [0.15, 0.2) is 0 Å². The molecule has 2 aromatic carbocycles. The average Bonchev–Trinajstić information content (AvgIpc) is 2.69. The lowest BCUT2D eigenvalue weighted by Crippen LogP contribution is -2.44. The van der Waals surface area contributed by atoms with Gasteiger partial charge in [-0.05, 0) is 50.2 Å². The van der Waals surface area contributed by atoms with E-state index in [1.54, 1.807) is 12.1 Å². The monoisotopic (exact) mass is 440 g/mol. The van der Waals surface area contributed by atoms with Crippen LogP contribution in [-0.4, -0.2) is 56.2 Å². The van der Waals surface area contributed by atoms with Crippen molar-refractivity contribution in [2.45, 2.75) is 12.8 Å². The fourth-order valence-corrected chi connectivity index (χ4v) is 3.20. The van der Waals surface area contributed by atoms with Gasteiger partial charge in [0.2, 0.25) is 0 Å². The topological polar surface area (TPSA) is 15.7 Å². The molecule has 0 saturated carbocycles. The molecule has 1 aliphatic rings. The van der Waals surface area contributed by atoms with Crippen LogP contribution in [0.25, 0.3) is 12.2 Å². The van der Waals surface area contributed by atoms with Crippen LogP contribution in [0.15, 0.2) is 48.5 Å². The van der Waals surface area contributed by atoms with Crippen molar-refractivity contribution in [1.29, 1.82) is 0 Å². The third-order valence-corrected chi connectivity index (χ3v) is 4.97. The van der Waals surface area contributed by atoms with Crippen LogP contribution >= 0.6 is 24.8 Å². The molecule has 160 valence electrons. The lowest BCUT2D eigenvalue weighted by Gasteiger charge is -2.32. The van der Waals surface area contributed by atoms with Gasteiger partial charge >= 0.3 is 0 Å². The lowest BCUT2D eigenvalue weighted by atomic mass is 10.1. The third-order valence-electron chi connectivity index (χ3n) is 4.97. The van der Waals surface area contributed by atoms with Gasteiger partial charge in [-0.1, -0.05) is 42.5 Å². The Kier molecular flexibility index (Phi) is 11.9. The molecule has 0 spiro atoms. The molecule has 6 heteroatoms. The Balaban J connectivity index is 0.00000210.